The molecule has 2 aliphatic carbocycles. The van der Waals surface area contributed by atoms with Gasteiger partial charge >= 0.3 is 0 Å². The van der Waals surface area contributed by atoms with Gasteiger partial charge in [-0.15, -0.1) is 0 Å². The Labute approximate surface area is 147 Å². The van der Waals surface area contributed by atoms with E-state index in [0.717, 1.165) is 11.1 Å². The normalized spacial score (nSPS) is 23.0. The second-order valence-electron chi connectivity index (χ2n) is 6.39. The van der Waals surface area contributed by atoms with Crippen LogP contribution in [-0.4, -0.2) is 21.0 Å². The Kier molecular flexibility index (Phi) is 3.08. The average molecular weight is 345 g/mol. The van der Waals surface area contributed by atoms with Crippen molar-refractivity contribution in [1.29, 1.82) is 0 Å². The molecule has 2 unspecified atom stereocenters. The van der Waals surface area contributed by atoms with Crippen molar-refractivity contribution in [3.05, 3.63) is 88.5 Å². The second kappa shape index (κ2) is 5.22. The summed E-state index contributed by atoms with van der Waals surface area (Å²) >= 11 is 0. The van der Waals surface area contributed by atoms with Crippen molar-refractivity contribution in [2.45, 2.75) is 11.3 Å². The molecule has 0 bridgehead atoms. The molecule has 0 N–H and O–H groups in total. The van der Waals surface area contributed by atoms with Crippen LogP contribution in [0.5, 0.6) is 0 Å². The number of rotatable bonds is 0. The van der Waals surface area contributed by atoms with Crippen molar-refractivity contribution in [2.75, 3.05) is 0 Å². The maximum absolute atomic E-state index is 13.2. The highest BCUT2D eigenvalue weighted by molar-refractivity contribution is 8.11. The third-order valence-electron chi connectivity index (χ3n) is 5.06. The summed E-state index contributed by atoms with van der Waals surface area (Å²) in [6.45, 7) is 0. The van der Waals surface area contributed by atoms with E-state index < -0.39 is 16.7 Å². The lowest BCUT2D eigenvalue weighted by Crippen LogP contribution is -2.29. The number of hydrogen-bond acceptors (Lipinski definition) is 3. The van der Waals surface area contributed by atoms with E-state index in [1.165, 1.54) is 0 Å². The first-order chi connectivity index (χ1) is 12.2. The van der Waals surface area contributed by atoms with Crippen molar-refractivity contribution in [3.8, 4) is 0 Å². The molecule has 1 aliphatic heterocycles. The lowest BCUT2D eigenvalue weighted by molar-refractivity contribution is 0.0966. The molecule has 3 nitrogen and oxygen atoms in total. The van der Waals surface area contributed by atoms with Crippen LogP contribution in [0.25, 0.3) is 0 Å². The van der Waals surface area contributed by atoms with Gasteiger partial charge in [0.1, 0.15) is 0 Å². The van der Waals surface area contributed by atoms with Gasteiger partial charge in [-0.1, -0.05) is 48.6 Å². The number of allylic oxidation sites excluding steroid dienone is 4. The summed E-state index contributed by atoms with van der Waals surface area (Å²) in [4.78, 5) is 26.9. The van der Waals surface area contributed by atoms with Gasteiger partial charge in [0.25, 0.3) is 0 Å². The average Bonchev–Trinajstić information content (AvgIpc) is 2.65. The zero-order valence-electron chi connectivity index (χ0n) is 13.2. The molecule has 0 radical (unpaired) electrons. The molecule has 2 atom stereocenters. The number of carbonyl (C=O) groups is 2. The molecule has 0 spiro atoms. The molecular weight excluding hydrogens is 332 g/mol. The maximum Gasteiger partial charge on any atom is 0.193 e. The highest BCUT2D eigenvalue weighted by Crippen LogP contribution is 2.44. The van der Waals surface area contributed by atoms with E-state index in [9.17, 15) is 14.1 Å². The third-order valence-corrected chi connectivity index (χ3v) is 6.72. The van der Waals surface area contributed by atoms with Crippen LogP contribution < -0.4 is 0 Å². The minimum absolute atomic E-state index is 0.0423. The van der Waals surface area contributed by atoms with Crippen LogP contribution in [-0.2, 0) is 6.42 Å². The standard InChI is InChI=1S/C21H13O3S/c22-19-13-6-2-1-5-12(13)11-17-14(19)9-10-16-20(23)15-7-3-4-8-18(15)25(24)21(16)17/h1-10,15H,11H2/q-1. The van der Waals surface area contributed by atoms with Crippen LogP contribution in [0.15, 0.2) is 65.6 Å². The van der Waals surface area contributed by atoms with Crippen LogP contribution in [0, 0.1) is 5.92 Å². The molecule has 0 saturated heterocycles. The highest BCUT2D eigenvalue weighted by atomic mass is 32.2. The van der Waals surface area contributed by atoms with Crippen LogP contribution in [0.3, 0.4) is 0 Å². The lowest BCUT2D eigenvalue weighted by atomic mass is 9.82. The Hall–Kier alpha value is -2.56. The van der Waals surface area contributed by atoms with Gasteiger partial charge in [0.05, 0.1) is 5.92 Å². The smallest absolute Gasteiger partial charge is 0.193 e. The van der Waals surface area contributed by atoms with Crippen molar-refractivity contribution >= 4 is 27.2 Å². The molecule has 0 fully saturated rings. The Bertz CT molecular complexity index is 1070. The summed E-state index contributed by atoms with van der Waals surface area (Å²) in [6.07, 6.45) is 7.69. The Morgan fingerprint density at radius 1 is 0.960 bits per heavy atom. The molecule has 4 heteroatoms. The van der Waals surface area contributed by atoms with Crippen molar-refractivity contribution in [1.82, 2.24) is 0 Å². The minimum Gasteiger partial charge on any atom is -0.799 e. The van der Waals surface area contributed by atoms with Gasteiger partial charge in [-0.05, 0) is 34.5 Å². The number of carbonyl (C=O) groups excluding carboxylic acids is 2. The quantitative estimate of drug-likeness (QED) is 0.584. The summed E-state index contributed by atoms with van der Waals surface area (Å²) < 4.78 is 13.2. The largest absolute Gasteiger partial charge is 0.799 e. The fourth-order valence-corrected chi connectivity index (χ4v) is 5.49. The number of fused-ring (bicyclic) bond motifs is 5. The van der Waals surface area contributed by atoms with Gasteiger partial charge in [0.15, 0.2) is 11.6 Å². The first kappa shape index (κ1) is 14.8. The van der Waals surface area contributed by atoms with E-state index in [4.69, 9.17) is 0 Å². The highest BCUT2D eigenvalue weighted by Gasteiger charge is 2.33. The third kappa shape index (κ3) is 1.95. The number of ketones is 2. The van der Waals surface area contributed by atoms with E-state index in [1.54, 1.807) is 30.4 Å². The summed E-state index contributed by atoms with van der Waals surface area (Å²) in [7, 11) is -1.43. The fourth-order valence-electron chi connectivity index (χ4n) is 3.86. The van der Waals surface area contributed by atoms with Crippen molar-refractivity contribution < 1.29 is 14.1 Å². The minimum atomic E-state index is -1.43. The van der Waals surface area contributed by atoms with E-state index in [1.807, 2.05) is 30.3 Å². The molecule has 0 amide bonds. The molecule has 25 heavy (non-hydrogen) atoms. The van der Waals surface area contributed by atoms with E-state index >= 15 is 0 Å². The van der Waals surface area contributed by atoms with Gasteiger partial charge in [-0.2, -0.15) is 0 Å². The van der Waals surface area contributed by atoms with E-state index in [2.05, 4.69) is 0 Å². The number of hydrogen-bond donors (Lipinski definition) is 0. The van der Waals surface area contributed by atoms with Crippen LogP contribution in [0.2, 0.25) is 0 Å². The van der Waals surface area contributed by atoms with Crippen LogP contribution >= 0.6 is 10.8 Å². The molecule has 122 valence electrons. The molecule has 0 saturated carbocycles. The predicted octanol–water partition coefficient (Wildman–Crippen LogP) is 3.69. The van der Waals surface area contributed by atoms with Gasteiger partial charge < -0.3 is 4.55 Å². The van der Waals surface area contributed by atoms with E-state index in [0.29, 0.717) is 32.9 Å². The van der Waals surface area contributed by atoms with Crippen LogP contribution in [0.4, 0.5) is 0 Å². The SMILES string of the molecule is O=C1c2ccccc2Cc2c1ccc1c2S([O-])=C2C=CC=CC2C1=O. The molecule has 5 rings (SSSR count). The Morgan fingerprint density at radius 2 is 1.76 bits per heavy atom. The molecule has 2 aromatic carbocycles. The second-order valence-corrected chi connectivity index (χ2v) is 7.81. The number of Topliss-reactive ketones (excluding diaryl/α,β-unsaturated/α-hetero) is 1. The molecule has 0 aromatic heterocycles. The van der Waals surface area contributed by atoms with Gasteiger partial charge in [0, 0.05) is 21.6 Å². The summed E-state index contributed by atoms with van der Waals surface area (Å²) in [5.41, 5.74) is 3.39. The lowest BCUT2D eigenvalue weighted by Gasteiger charge is -2.35. The maximum atomic E-state index is 13.2. The zero-order chi connectivity index (χ0) is 17.1. The van der Waals surface area contributed by atoms with Gasteiger partial charge in [-0.3, -0.25) is 9.59 Å². The van der Waals surface area contributed by atoms with Crippen molar-refractivity contribution in [3.63, 3.8) is 0 Å². The first-order valence-electron chi connectivity index (χ1n) is 8.13. The molecule has 2 aromatic rings. The summed E-state index contributed by atoms with van der Waals surface area (Å²) in [6, 6.07) is 10.9. The Morgan fingerprint density at radius 3 is 2.64 bits per heavy atom. The van der Waals surface area contributed by atoms with Crippen LogP contribution in [0.1, 0.15) is 37.4 Å². The zero-order valence-corrected chi connectivity index (χ0v) is 14.0. The van der Waals surface area contributed by atoms with E-state index in [-0.39, 0.29) is 11.6 Å². The molecule has 1 heterocycles. The molecule has 3 aliphatic rings. The summed E-state index contributed by atoms with van der Waals surface area (Å²) in [5.74, 6) is -0.558. The Balaban J connectivity index is 1.80. The monoisotopic (exact) mass is 345 g/mol. The van der Waals surface area contributed by atoms with Crippen molar-refractivity contribution in [2.24, 2.45) is 5.92 Å². The topological polar surface area (TPSA) is 57.2 Å². The summed E-state index contributed by atoms with van der Waals surface area (Å²) in [5, 5.41) is 0. The fraction of sp³-hybridized carbons (Fsp3) is 0.0952. The number of benzene rings is 2. The van der Waals surface area contributed by atoms with Gasteiger partial charge in [0.2, 0.25) is 0 Å². The predicted molar refractivity (Wildman–Crippen MR) is 96.9 cm³/mol. The van der Waals surface area contributed by atoms with Gasteiger partial charge in [-0.25, -0.2) is 10.8 Å². The molecular formula is C21H13O3S-. The first-order valence-corrected chi connectivity index (χ1v) is 9.28.